The number of benzene rings is 1. The van der Waals surface area contributed by atoms with Gasteiger partial charge in [0.2, 0.25) is 0 Å². The van der Waals surface area contributed by atoms with Crippen LogP contribution in [0.2, 0.25) is 0 Å². The molecule has 0 unspecified atom stereocenters. The molecule has 2 N–H and O–H groups in total. The topological polar surface area (TPSA) is 106 Å². The Labute approximate surface area is 164 Å². The van der Waals surface area contributed by atoms with Gasteiger partial charge in [0.05, 0.1) is 4.92 Å². The number of hydrogen-bond acceptors (Lipinski definition) is 7. The van der Waals surface area contributed by atoms with Crippen molar-refractivity contribution in [2.75, 3.05) is 17.2 Å². The molecular formula is C18H17BrN6O2. The third-order valence-electron chi connectivity index (χ3n) is 3.68. The highest BCUT2D eigenvalue weighted by Crippen LogP contribution is 2.14. The van der Waals surface area contributed by atoms with Gasteiger partial charge in [-0.15, -0.1) is 0 Å². The first kappa shape index (κ1) is 18.7. The quantitative estimate of drug-likeness (QED) is 0.414. The van der Waals surface area contributed by atoms with Crippen molar-refractivity contribution in [3.8, 4) is 0 Å². The molecule has 0 aliphatic heterocycles. The fraction of sp³-hybridized carbons (Fsp3) is 0.167. The highest BCUT2D eigenvalue weighted by Gasteiger charge is 2.05. The van der Waals surface area contributed by atoms with E-state index in [1.165, 1.54) is 12.3 Å². The zero-order valence-corrected chi connectivity index (χ0v) is 15.9. The van der Waals surface area contributed by atoms with Crippen LogP contribution in [0.25, 0.3) is 0 Å². The fourth-order valence-corrected chi connectivity index (χ4v) is 2.81. The van der Waals surface area contributed by atoms with Crippen molar-refractivity contribution in [2.24, 2.45) is 0 Å². The standard InChI is InChI=1S/C18H17BrN6O2/c19-14-3-1-2-13(10-14)11-22-18-7-9-21-17(24-18)6-8-20-16-5-4-15(12-23-16)25(26)27/h1-5,7,9-10,12H,6,8,11H2,(H,20,23)(H,21,22,24). The van der Waals surface area contributed by atoms with E-state index in [9.17, 15) is 10.1 Å². The van der Waals surface area contributed by atoms with E-state index in [2.05, 4.69) is 47.6 Å². The molecule has 2 aromatic heterocycles. The van der Waals surface area contributed by atoms with E-state index < -0.39 is 4.92 Å². The molecule has 3 rings (SSSR count). The molecule has 0 fully saturated rings. The Balaban J connectivity index is 1.50. The van der Waals surface area contributed by atoms with E-state index in [0.717, 1.165) is 15.9 Å². The van der Waals surface area contributed by atoms with Crippen LogP contribution >= 0.6 is 15.9 Å². The molecule has 27 heavy (non-hydrogen) atoms. The molecule has 0 amide bonds. The predicted octanol–water partition coefficient (Wildman–Crippen LogP) is 3.81. The maximum Gasteiger partial charge on any atom is 0.287 e. The molecule has 1 aromatic carbocycles. The minimum atomic E-state index is -0.475. The van der Waals surface area contributed by atoms with Gasteiger partial charge in [0.25, 0.3) is 5.69 Å². The number of pyridine rings is 1. The average molecular weight is 429 g/mol. The number of nitrogens with zero attached hydrogens (tertiary/aromatic N) is 4. The SMILES string of the molecule is O=[N+]([O-])c1ccc(NCCc2nccc(NCc3cccc(Br)c3)n2)nc1. The third kappa shape index (κ3) is 5.71. The lowest BCUT2D eigenvalue weighted by atomic mass is 10.2. The zero-order valence-electron chi connectivity index (χ0n) is 14.3. The van der Waals surface area contributed by atoms with Gasteiger partial charge >= 0.3 is 0 Å². The van der Waals surface area contributed by atoms with Gasteiger partial charge in [0, 0.05) is 36.2 Å². The van der Waals surface area contributed by atoms with Crippen molar-refractivity contribution in [3.05, 3.63) is 80.8 Å². The van der Waals surface area contributed by atoms with Gasteiger partial charge in [0.15, 0.2) is 0 Å². The molecule has 0 saturated heterocycles. The summed E-state index contributed by atoms with van der Waals surface area (Å²) in [6.45, 7) is 1.24. The fourth-order valence-electron chi connectivity index (χ4n) is 2.36. The second-order valence-corrected chi connectivity index (χ2v) is 6.59. The molecule has 2 heterocycles. The molecule has 0 spiro atoms. The average Bonchev–Trinajstić information content (AvgIpc) is 2.67. The van der Waals surface area contributed by atoms with Gasteiger partial charge < -0.3 is 10.6 Å². The lowest BCUT2D eigenvalue weighted by Gasteiger charge is -2.08. The van der Waals surface area contributed by atoms with E-state index in [4.69, 9.17) is 0 Å². The zero-order chi connectivity index (χ0) is 19.1. The smallest absolute Gasteiger partial charge is 0.287 e. The molecular weight excluding hydrogens is 412 g/mol. The summed E-state index contributed by atoms with van der Waals surface area (Å²) in [6.07, 6.45) is 3.55. The predicted molar refractivity (Wildman–Crippen MR) is 107 cm³/mol. The van der Waals surface area contributed by atoms with Crippen molar-refractivity contribution in [1.82, 2.24) is 15.0 Å². The van der Waals surface area contributed by atoms with E-state index in [0.29, 0.717) is 31.2 Å². The normalized spacial score (nSPS) is 10.4. The number of aromatic nitrogens is 3. The lowest BCUT2D eigenvalue weighted by molar-refractivity contribution is -0.385. The summed E-state index contributed by atoms with van der Waals surface area (Å²) < 4.78 is 1.04. The molecule has 0 aliphatic rings. The van der Waals surface area contributed by atoms with Crippen LogP contribution in [0, 0.1) is 10.1 Å². The van der Waals surface area contributed by atoms with Gasteiger partial charge in [-0.25, -0.2) is 15.0 Å². The monoisotopic (exact) mass is 428 g/mol. The van der Waals surface area contributed by atoms with Crippen molar-refractivity contribution in [3.63, 3.8) is 0 Å². The number of anilines is 2. The van der Waals surface area contributed by atoms with Crippen molar-refractivity contribution < 1.29 is 4.92 Å². The Kier molecular flexibility index (Phi) is 6.26. The molecule has 0 aliphatic carbocycles. The Bertz CT molecular complexity index is 920. The molecule has 0 radical (unpaired) electrons. The molecule has 0 bridgehead atoms. The van der Waals surface area contributed by atoms with E-state index in [-0.39, 0.29) is 5.69 Å². The van der Waals surface area contributed by atoms with E-state index in [1.54, 1.807) is 12.3 Å². The van der Waals surface area contributed by atoms with Gasteiger partial charge in [0.1, 0.15) is 23.7 Å². The first-order valence-corrected chi connectivity index (χ1v) is 9.04. The largest absolute Gasteiger partial charge is 0.370 e. The summed E-state index contributed by atoms with van der Waals surface area (Å²) in [5.74, 6) is 2.03. The van der Waals surface area contributed by atoms with Crippen LogP contribution in [-0.2, 0) is 13.0 Å². The van der Waals surface area contributed by atoms with E-state index >= 15 is 0 Å². The highest BCUT2D eigenvalue weighted by atomic mass is 79.9. The van der Waals surface area contributed by atoms with E-state index in [1.807, 2.05) is 24.3 Å². The van der Waals surface area contributed by atoms with Crippen LogP contribution in [0.4, 0.5) is 17.3 Å². The van der Waals surface area contributed by atoms with Gasteiger partial charge in [-0.1, -0.05) is 28.1 Å². The minimum Gasteiger partial charge on any atom is -0.370 e. The van der Waals surface area contributed by atoms with Crippen LogP contribution in [-0.4, -0.2) is 26.4 Å². The highest BCUT2D eigenvalue weighted by molar-refractivity contribution is 9.10. The number of nitro groups is 1. The minimum absolute atomic E-state index is 0.0342. The maximum absolute atomic E-state index is 10.6. The van der Waals surface area contributed by atoms with Crippen LogP contribution in [0.3, 0.4) is 0 Å². The third-order valence-corrected chi connectivity index (χ3v) is 4.17. The Morgan fingerprint density at radius 2 is 1.96 bits per heavy atom. The van der Waals surface area contributed by atoms with Gasteiger partial charge in [-0.3, -0.25) is 10.1 Å². The Morgan fingerprint density at radius 3 is 2.70 bits per heavy atom. The number of nitrogens with one attached hydrogen (secondary N) is 2. The molecule has 8 nitrogen and oxygen atoms in total. The summed E-state index contributed by atoms with van der Waals surface area (Å²) in [5.41, 5.74) is 1.11. The first-order chi connectivity index (χ1) is 13.1. The Hall–Kier alpha value is -3.07. The van der Waals surface area contributed by atoms with Crippen molar-refractivity contribution in [2.45, 2.75) is 13.0 Å². The summed E-state index contributed by atoms with van der Waals surface area (Å²) in [5, 5.41) is 17.0. The van der Waals surface area contributed by atoms with Crippen LogP contribution < -0.4 is 10.6 Å². The molecule has 3 aromatic rings. The van der Waals surface area contributed by atoms with Gasteiger partial charge in [-0.05, 0) is 29.8 Å². The van der Waals surface area contributed by atoms with Crippen molar-refractivity contribution in [1.29, 1.82) is 0 Å². The number of halogens is 1. The second-order valence-electron chi connectivity index (χ2n) is 5.68. The molecule has 138 valence electrons. The maximum atomic E-state index is 10.6. The number of rotatable bonds is 8. The summed E-state index contributed by atoms with van der Waals surface area (Å²) in [6, 6.07) is 12.9. The van der Waals surface area contributed by atoms with Crippen molar-refractivity contribution >= 4 is 33.3 Å². The van der Waals surface area contributed by atoms with Crippen LogP contribution in [0.1, 0.15) is 11.4 Å². The lowest BCUT2D eigenvalue weighted by Crippen LogP contribution is -2.10. The summed E-state index contributed by atoms with van der Waals surface area (Å²) >= 11 is 3.46. The second kappa shape index (κ2) is 9.04. The molecule has 0 atom stereocenters. The first-order valence-electron chi connectivity index (χ1n) is 8.25. The van der Waals surface area contributed by atoms with Crippen LogP contribution in [0.5, 0.6) is 0 Å². The van der Waals surface area contributed by atoms with Crippen LogP contribution in [0.15, 0.2) is 59.3 Å². The van der Waals surface area contributed by atoms with Gasteiger partial charge in [-0.2, -0.15) is 0 Å². The molecule has 9 heteroatoms. The molecule has 0 saturated carbocycles. The number of hydrogen-bond donors (Lipinski definition) is 2. The summed E-state index contributed by atoms with van der Waals surface area (Å²) in [4.78, 5) is 22.9. The summed E-state index contributed by atoms with van der Waals surface area (Å²) in [7, 11) is 0. The Morgan fingerprint density at radius 1 is 1.07 bits per heavy atom.